The number of aromatic nitrogens is 1. The van der Waals surface area contributed by atoms with E-state index in [4.69, 9.17) is 0 Å². The third-order valence-corrected chi connectivity index (χ3v) is 2.92. The van der Waals surface area contributed by atoms with Crippen molar-refractivity contribution in [3.8, 4) is 0 Å². The molecule has 0 N–H and O–H groups in total. The van der Waals surface area contributed by atoms with Crippen LogP contribution in [0.1, 0.15) is 49.5 Å². The van der Waals surface area contributed by atoms with Crippen LogP contribution in [0.15, 0.2) is 22.8 Å². The molecule has 1 rings (SSSR count). The predicted molar refractivity (Wildman–Crippen MR) is 65.0 cm³/mol. The first-order valence-electron chi connectivity index (χ1n) is 5.39. The Hall–Kier alpha value is -0.700. The Morgan fingerprint density at radius 2 is 2.20 bits per heavy atom. The van der Waals surface area contributed by atoms with E-state index < -0.39 is 0 Å². The molecule has 0 saturated carbocycles. The number of rotatable bonds is 6. The van der Waals surface area contributed by atoms with Crippen molar-refractivity contribution >= 4 is 21.7 Å². The van der Waals surface area contributed by atoms with Crippen LogP contribution in [-0.2, 0) is 0 Å². The Labute approximate surface area is 99.2 Å². The lowest BCUT2D eigenvalue weighted by atomic mass is 10.1. The molecule has 0 aliphatic carbocycles. The summed E-state index contributed by atoms with van der Waals surface area (Å²) in [5.74, 6) is 0.138. The topological polar surface area (TPSA) is 30.0 Å². The fraction of sp³-hybridized carbons (Fsp3) is 0.500. The Balaban J connectivity index is 2.44. The highest BCUT2D eigenvalue weighted by molar-refractivity contribution is 9.10. The molecular weight excluding hydrogens is 254 g/mol. The summed E-state index contributed by atoms with van der Waals surface area (Å²) in [6.45, 7) is 2.16. The number of hydrogen-bond donors (Lipinski definition) is 0. The van der Waals surface area contributed by atoms with Crippen LogP contribution in [0.5, 0.6) is 0 Å². The molecule has 0 amide bonds. The van der Waals surface area contributed by atoms with Crippen molar-refractivity contribution < 1.29 is 4.79 Å². The van der Waals surface area contributed by atoms with E-state index in [-0.39, 0.29) is 5.78 Å². The highest BCUT2D eigenvalue weighted by Crippen LogP contribution is 2.16. The number of pyridine rings is 1. The maximum absolute atomic E-state index is 11.7. The molecule has 2 nitrogen and oxygen atoms in total. The summed E-state index contributed by atoms with van der Waals surface area (Å²) >= 11 is 3.34. The molecule has 1 aromatic heterocycles. The fourth-order valence-electron chi connectivity index (χ4n) is 1.42. The second-order valence-electron chi connectivity index (χ2n) is 3.57. The van der Waals surface area contributed by atoms with Crippen LogP contribution in [-0.4, -0.2) is 10.8 Å². The molecule has 0 radical (unpaired) electrons. The highest BCUT2D eigenvalue weighted by Gasteiger charge is 2.09. The van der Waals surface area contributed by atoms with Gasteiger partial charge >= 0.3 is 0 Å². The van der Waals surface area contributed by atoms with Crippen LogP contribution in [0, 0.1) is 0 Å². The Kier molecular flexibility index (Phi) is 5.54. The van der Waals surface area contributed by atoms with Crippen LogP contribution in [0.25, 0.3) is 0 Å². The van der Waals surface area contributed by atoms with Gasteiger partial charge in [-0.3, -0.25) is 9.78 Å². The fourth-order valence-corrected chi connectivity index (χ4v) is 1.90. The molecule has 0 fully saturated rings. The van der Waals surface area contributed by atoms with E-state index in [9.17, 15) is 4.79 Å². The van der Waals surface area contributed by atoms with Gasteiger partial charge in [-0.15, -0.1) is 0 Å². The third kappa shape index (κ3) is 4.12. The Morgan fingerprint density at radius 3 is 2.87 bits per heavy atom. The molecule has 0 unspecified atom stereocenters. The number of ketones is 1. The van der Waals surface area contributed by atoms with Crippen molar-refractivity contribution in [2.45, 2.75) is 39.0 Å². The molecule has 0 aliphatic rings. The molecule has 1 aromatic rings. The first-order valence-corrected chi connectivity index (χ1v) is 6.18. The highest BCUT2D eigenvalue weighted by atomic mass is 79.9. The normalized spacial score (nSPS) is 10.3. The summed E-state index contributed by atoms with van der Waals surface area (Å²) < 4.78 is 0.797. The first kappa shape index (κ1) is 12.4. The summed E-state index contributed by atoms with van der Waals surface area (Å²) in [5, 5.41) is 0. The number of carbonyl (C=O) groups excluding carboxylic acids is 1. The third-order valence-electron chi connectivity index (χ3n) is 2.28. The van der Waals surface area contributed by atoms with Gasteiger partial charge in [0.15, 0.2) is 5.78 Å². The molecule has 0 aliphatic heterocycles. The average Bonchev–Trinajstić information content (AvgIpc) is 2.25. The van der Waals surface area contributed by atoms with Crippen molar-refractivity contribution in [3.63, 3.8) is 0 Å². The maximum atomic E-state index is 11.7. The molecular formula is C12H16BrNO. The zero-order valence-electron chi connectivity index (χ0n) is 9.00. The standard InChI is InChI=1S/C12H16BrNO/c1-2-3-4-5-8-11(15)12-10(13)7-6-9-14-12/h6-7,9H,2-5,8H2,1H3. The van der Waals surface area contributed by atoms with Gasteiger partial charge in [0.25, 0.3) is 0 Å². The second kappa shape index (κ2) is 6.72. The van der Waals surface area contributed by atoms with Gasteiger partial charge in [0.1, 0.15) is 5.69 Å². The lowest BCUT2D eigenvalue weighted by Crippen LogP contribution is -2.02. The van der Waals surface area contributed by atoms with Gasteiger partial charge in [0, 0.05) is 17.1 Å². The molecule has 0 aromatic carbocycles. The molecule has 0 bridgehead atoms. The van der Waals surface area contributed by atoms with Gasteiger partial charge in [-0.25, -0.2) is 0 Å². The van der Waals surface area contributed by atoms with Crippen molar-refractivity contribution in [2.75, 3.05) is 0 Å². The smallest absolute Gasteiger partial charge is 0.182 e. The van der Waals surface area contributed by atoms with E-state index in [0.717, 1.165) is 17.3 Å². The molecule has 15 heavy (non-hydrogen) atoms. The monoisotopic (exact) mass is 269 g/mol. The minimum Gasteiger partial charge on any atom is -0.292 e. The van der Waals surface area contributed by atoms with Crippen LogP contribution in [0.3, 0.4) is 0 Å². The number of unbranched alkanes of at least 4 members (excludes halogenated alkanes) is 3. The molecule has 1 heterocycles. The summed E-state index contributed by atoms with van der Waals surface area (Å²) in [6.07, 6.45) is 6.76. The summed E-state index contributed by atoms with van der Waals surface area (Å²) in [4.78, 5) is 15.8. The molecule has 82 valence electrons. The van der Waals surface area contributed by atoms with Gasteiger partial charge in [0.2, 0.25) is 0 Å². The molecule has 0 spiro atoms. The zero-order valence-corrected chi connectivity index (χ0v) is 10.6. The SMILES string of the molecule is CCCCCCC(=O)c1ncccc1Br. The Morgan fingerprint density at radius 1 is 1.40 bits per heavy atom. The first-order chi connectivity index (χ1) is 7.25. The molecule has 0 saturated heterocycles. The lowest BCUT2D eigenvalue weighted by molar-refractivity contribution is 0.0973. The summed E-state index contributed by atoms with van der Waals surface area (Å²) in [6, 6.07) is 3.67. The quantitative estimate of drug-likeness (QED) is 0.577. The van der Waals surface area contributed by atoms with E-state index in [1.54, 1.807) is 6.20 Å². The van der Waals surface area contributed by atoms with E-state index in [1.807, 2.05) is 12.1 Å². The zero-order chi connectivity index (χ0) is 11.1. The van der Waals surface area contributed by atoms with E-state index in [0.29, 0.717) is 12.1 Å². The van der Waals surface area contributed by atoms with E-state index in [1.165, 1.54) is 12.8 Å². The summed E-state index contributed by atoms with van der Waals surface area (Å²) in [7, 11) is 0. The largest absolute Gasteiger partial charge is 0.292 e. The predicted octanol–water partition coefficient (Wildman–Crippen LogP) is 4.00. The van der Waals surface area contributed by atoms with Gasteiger partial charge in [-0.2, -0.15) is 0 Å². The van der Waals surface area contributed by atoms with Gasteiger partial charge in [-0.05, 0) is 34.5 Å². The molecule has 3 heteroatoms. The van der Waals surface area contributed by atoms with Crippen molar-refractivity contribution in [2.24, 2.45) is 0 Å². The second-order valence-corrected chi connectivity index (χ2v) is 4.42. The molecule has 0 atom stereocenters. The van der Waals surface area contributed by atoms with E-state index in [2.05, 4.69) is 27.8 Å². The van der Waals surface area contributed by atoms with Gasteiger partial charge < -0.3 is 0 Å². The van der Waals surface area contributed by atoms with E-state index >= 15 is 0 Å². The minimum atomic E-state index is 0.138. The van der Waals surface area contributed by atoms with Crippen molar-refractivity contribution in [1.82, 2.24) is 4.98 Å². The van der Waals surface area contributed by atoms with Gasteiger partial charge in [0.05, 0.1) is 0 Å². The van der Waals surface area contributed by atoms with Gasteiger partial charge in [-0.1, -0.05) is 26.2 Å². The van der Waals surface area contributed by atoms with Crippen LogP contribution in [0.2, 0.25) is 0 Å². The van der Waals surface area contributed by atoms with Crippen LogP contribution in [0.4, 0.5) is 0 Å². The number of hydrogen-bond acceptors (Lipinski definition) is 2. The average molecular weight is 270 g/mol. The number of nitrogens with zero attached hydrogens (tertiary/aromatic N) is 1. The van der Waals surface area contributed by atoms with Crippen molar-refractivity contribution in [1.29, 1.82) is 0 Å². The van der Waals surface area contributed by atoms with Crippen LogP contribution >= 0.6 is 15.9 Å². The number of carbonyl (C=O) groups is 1. The minimum absolute atomic E-state index is 0.138. The Bertz CT molecular complexity index is 325. The lowest BCUT2D eigenvalue weighted by Gasteiger charge is -2.01. The number of halogens is 1. The van der Waals surface area contributed by atoms with Crippen molar-refractivity contribution in [3.05, 3.63) is 28.5 Å². The summed E-state index contributed by atoms with van der Waals surface area (Å²) in [5.41, 5.74) is 0.564. The number of Topliss-reactive ketones (excluding diaryl/α,β-unsaturated/α-hetero) is 1. The van der Waals surface area contributed by atoms with Crippen LogP contribution < -0.4 is 0 Å². The maximum Gasteiger partial charge on any atom is 0.182 e.